The Morgan fingerprint density at radius 3 is 1.77 bits per heavy atom. The number of fused-ring (bicyclic) bond motifs is 1. The maximum atomic E-state index is 14.3. The number of ether oxygens (including phenoxy) is 3. The third kappa shape index (κ3) is 15.8. The Balaban J connectivity index is 2.45. The number of hydrogen-bond donors (Lipinski definition) is 0. The maximum absolute atomic E-state index is 14.3. The lowest BCUT2D eigenvalue weighted by molar-refractivity contribution is 0.301. The van der Waals surface area contributed by atoms with Gasteiger partial charge in [0.15, 0.2) is 5.75 Å². The summed E-state index contributed by atoms with van der Waals surface area (Å²) in [5.74, 6) is 1.61. The molecule has 2 rings (SSSR count). The van der Waals surface area contributed by atoms with Crippen molar-refractivity contribution in [3.05, 3.63) is 75.1 Å². The second-order valence-electron chi connectivity index (χ2n) is 13.8. The zero-order valence-corrected chi connectivity index (χ0v) is 31.8. The predicted molar refractivity (Wildman–Crippen MR) is 207 cm³/mol. The fourth-order valence-corrected chi connectivity index (χ4v) is 5.65. The van der Waals surface area contributed by atoms with Crippen molar-refractivity contribution in [2.75, 3.05) is 19.8 Å². The van der Waals surface area contributed by atoms with Gasteiger partial charge in [-0.2, -0.15) is 0 Å². The number of pyridine rings is 1. The number of benzene rings is 1. The largest absolute Gasteiger partial charge is 0.494 e. The van der Waals surface area contributed by atoms with Crippen LogP contribution in [0.3, 0.4) is 0 Å². The molecule has 0 spiro atoms. The summed E-state index contributed by atoms with van der Waals surface area (Å²) in [4.78, 5) is 14.3. The Morgan fingerprint density at radius 1 is 0.646 bits per heavy atom. The zero-order chi connectivity index (χ0) is 35.1. The first-order valence-corrected chi connectivity index (χ1v) is 18.8. The average Bonchev–Trinajstić information content (AvgIpc) is 3.04. The lowest BCUT2D eigenvalue weighted by Gasteiger charge is -2.19. The highest BCUT2D eigenvalue weighted by atomic mass is 16.5. The summed E-state index contributed by atoms with van der Waals surface area (Å²) < 4.78 is 20.9. The Kier molecular flexibility index (Phi) is 20.5. The van der Waals surface area contributed by atoms with Crippen LogP contribution in [0.25, 0.3) is 10.9 Å². The standard InChI is InChI=1S/C43H67NO4/c1-9-11-13-15-16-18-30-46-38-25-26-39-40(33-38)44(29-17-14-12-10-2)43(45)42(48-32-28-37(8)24-20-22-35(5)6)41(39)47-31-27-36(7)23-19-21-34(3)4/h21-22,25-28,33H,9-20,23-24,29-32H2,1-8H3/b36-27+,37-28+. The molecule has 2 aromatic rings. The summed E-state index contributed by atoms with van der Waals surface area (Å²) in [5.41, 5.74) is 5.88. The van der Waals surface area contributed by atoms with E-state index in [1.54, 1.807) is 0 Å². The summed E-state index contributed by atoms with van der Waals surface area (Å²) in [6.07, 6.45) is 24.3. The van der Waals surface area contributed by atoms with Crippen LogP contribution in [0.15, 0.2) is 69.6 Å². The molecule has 1 heterocycles. The van der Waals surface area contributed by atoms with Crippen LogP contribution >= 0.6 is 0 Å². The minimum Gasteiger partial charge on any atom is -0.494 e. The van der Waals surface area contributed by atoms with Crippen LogP contribution in [0.4, 0.5) is 0 Å². The van der Waals surface area contributed by atoms with Gasteiger partial charge in [-0.25, -0.2) is 0 Å². The molecule has 1 aromatic carbocycles. The molecule has 5 heteroatoms. The first-order chi connectivity index (χ1) is 23.2. The maximum Gasteiger partial charge on any atom is 0.297 e. The van der Waals surface area contributed by atoms with Crippen LogP contribution in [0.2, 0.25) is 0 Å². The van der Waals surface area contributed by atoms with E-state index in [0.717, 1.165) is 74.4 Å². The van der Waals surface area contributed by atoms with E-state index in [1.165, 1.54) is 54.4 Å². The van der Waals surface area contributed by atoms with Gasteiger partial charge in [-0.05, 0) is 104 Å². The average molecular weight is 662 g/mol. The fraction of sp³-hybridized carbons (Fsp3) is 0.605. The molecule has 1 aromatic heterocycles. The van der Waals surface area contributed by atoms with E-state index in [-0.39, 0.29) is 5.56 Å². The van der Waals surface area contributed by atoms with E-state index in [2.05, 4.69) is 79.7 Å². The van der Waals surface area contributed by atoms with E-state index in [0.29, 0.717) is 37.9 Å². The molecule has 268 valence electrons. The van der Waals surface area contributed by atoms with Gasteiger partial charge >= 0.3 is 0 Å². The fourth-order valence-electron chi connectivity index (χ4n) is 5.65. The molecule has 0 radical (unpaired) electrons. The highest BCUT2D eigenvalue weighted by Gasteiger charge is 2.20. The Hall–Kier alpha value is -3.21. The summed E-state index contributed by atoms with van der Waals surface area (Å²) in [6, 6.07) is 6.08. The number of aryl methyl sites for hydroxylation is 1. The minimum atomic E-state index is -0.137. The summed E-state index contributed by atoms with van der Waals surface area (Å²) in [7, 11) is 0. The minimum absolute atomic E-state index is 0.137. The van der Waals surface area contributed by atoms with Crippen molar-refractivity contribution in [3.63, 3.8) is 0 Å². The summed E-state index contributed by atoms with van der Waals surface area (Å²) in [5, 5.41) is 0.881. The number of rotatable bonds is 25. The molecule has 0 amide bonds. The molecule has 0 N–H and O–H groups in total. The molecule has 5 nitrogen and oxygen atoms in total. The third-order valence-electron chi connectivity index (χ3n) is 8.65. The molecule has 0 saturated carbocycles. The van der Waals surface area contributed by atoms with Crippen LogP contribution in [0, 0.1) is 0 Å². The Morgan fingerprint density at radius 2 is 1.19 bits per heavy atom. The van der Waals surface area contributed by atoms with E-state index >= 15 is 0 Å². The summed E-state index contributed by atoms with van der Waals surface area (Å²) >= 11 is 0. The van der Waals surface area contributed by atoms with Crippen molar-refractivity contribution < 1.29 is 14.2 Å². The smallest absolute Gasteiger partial charge is 0.297 e. The lowest BCUT2D eigenvalue weighted by Crippen LogP contribution is -2.24. The van der Waals surface area contributed by atoms with Crippen LogP contribution in [-0.2, 0) is 6.54 Å². The zero-order valence-electron chi connectivity index (χ0n) is 31.8. The van der Waals surface area contributed by atoms with E-state index in [1.807, 2.05) is 22.8 Å². The number of allylic oxidation sites excluding steroid dienone is 6. The van der Waals surface area contributed by atoms with Gasteiger partial charge in [-0.15, -0.1) is 0 Å². The third-order valence-corrected chi connectivity index (χ3v) is 8.65. The van der Waals surface area contributed by atoms with Gasteiger partial charge < -0.3 is 18.8 Å². The van der Waals surface area contributed by atoms with Crippen LogP contribution in [-0.4, -0.2) is 24.4 Å². The van der Waals surface area contributed by atoms with Crippen molar-refractivity contribution in [1.29, 1.82) is 0 Å². The second kappa shape index (κ2) is 24.0. The van der Waals surface area contributed by atoms with Crippen molar-refractivity contribution in [1.82, 2.24) is 4.57 Å². The number of unbranched alkanes of at least 4 members (excludes halogenated alkanes) is 8. The van der Waals surface area contributed by atoms with E-state index in [4.69, 9.17) is 14.2 Å². The molecule has 0 saturated heterocycles. The van der Waals surface area contributed by atoms with Gasteiger partial charge in [0.2, 0.25) is 5.75 Å². The highest BCUT2D eigenvalue weighted by Crippen LogP contribution is 2.35. The van der Waals surface area contributed by atoms with Gasteiger partial charge in [-0.1, -0.05) is 99.7 Å². The predicted octanol–water partition coefficient (Wildman–Crippen LogP) is 12.5. The number of nitrogens with zero attached hydrogens (tertiary/aromatic N) is 1. The molecule has 0 unspecified atom stereocenters. The highest BCUT2D eigenvalue weighted by molar-refractivity contribution is 5.89. The molecular formula is C43H67NO4. The number of hydrogen-bond acceptors (Lipinski definition) is 4. The van der Waals surface area contributed by atoms with Crippen molar-refractivity contribution >= 4 is 10.9 Å². The second-order valence-corrected chi connectivity index (χ2v) is 13.8. The lowest BCUT2D eigenvalue weighted by atomic mass is 10.1. The Bertz CT molecular complexity index is 1400. The van der Waals surface area contributed by atoms with Crippen molar-refractivity contribution in [2.24, 2.45) is 0 Å². The first kappa shape index (κ1) is 41.0. The molecule has 0 bridgehead atoms. The molecule has 0 aliphatic rings. The molecule has 0 atom stereocenters. The number of aromatic nitrogens is 1. The van der Waals surface area contributed by atoms with Crippen molar-refractivity contribution in [3.8, 4) is 17.2 Å². The Labute approximate surface area is 293 Å². The molecule has 0 fully saturated rings. The normalized spacial score (nSPS) is 11.9. The van der Waals surface area contributed by atoms with Crippen molar-refractivity contribution in [2.45, 2.75) is 152 Å². The molecule has 0 aliphatic heterocycles. The SMILES string of the molecule is CCCCCCCCOc1ccc2c(OC/C=C(\C)CCC=C(C)C)c(OC/C=C(\C)CCC=C(C)C)c(=O)n(CCCCCC)c2c1. The van der Waals surface area contributed by atoms with Gasteiger partial charge in [0.25, 0.3) is 5.56 Å². The molecule has 48 heavy (non-hydrogen) atoms. The van der Waals surface area contributed by atoms with Gasteiger partial charge in [0.1, 0.15) is 19.0 Å². The van der Waals surface area contributed by atoms with Crippen LogP contribution in [0.5, 0.6) is 17.2 Å². The van der Waals surface area contributed by atoms with Gasteiger partial charge in [-0.3, -0.25) is 4.79 Å². The monoisotopic (exact) mass is 662 g/mol. The summed E-state index contributed by atoms with van der Waals surface area (Å²) in [6.45, 7) is 19.2. The first-order valence-electron chi connectivity index (χ1n) is 18.8. The van der Waals surface area contributed by atoms with E-state index < -0.39 is 0 Å². The van der Waals surface area contributed by atoms with E-state index in [9.17, 15) is 4.79 Å². The quantitative estimate of drug-likeness (QED) is 0.0785. The van der Waals surface area contributed by atoms with Crippen LogP contribution in [0.1, 0.15) is 145 Å². The molecule has 0 aliphatic carbocycles. The van der Waals surface area contributed by atoms with Gasteiger partial charge in [0, 0.05) is 18.0 Å². The topological polar surface area (TPSA) is 49.7 Å². The molecular weight excluding hydrogens is 594 g/mol. The van der Waals surface area contributed by atoms with Crippen LogP contribution < -0.4 is 19.8 Å². The van der Waals surface area contributed by atoms with Gasteiger partial charge in [0.05, 0.1) is 12.1 Å².